The van der Waals surface area contributed by atoms with Gasteiger partial charge in [-0.1, -0.05) is 0 Å². The summed E-state index contributed by atoms with van der Waals surface area (Å²) in [6, 6.07) is 9.59. The fraction of sp³-hybridized carbons (Fsp3) is 0.200. The average Bonchev–Trinajstić information content (AvgIpc) is 2.90. The van der Waals surface area contributed by atoms with Crippen LogP contribution in [0.5, 0.6) is 0 Å². The van der Waals surface area contributed by atoms with Crippen molar-refractivity contribution in [2.24, 2.45) is 7.05 Å². The highest BCUT2D eigenvalue weighted by Crippen LogP contribution is 2.21. The third kappa shape index (κ3) is 4.29. The number of rotatable bonds is 5. The van der Waals surface area contributed by atoms with Crippen LogP contribution in [0.25, 0.3) is 0 Å². The molecule has 0 saturated heterocycles. The minimum Gasteiger partial charge on any atom is -0.319 e. The highest BCUT2D eigenvalue weighted by atomic mass is 32.2. The van der Waals surface area contributed by atoms with Crippen LogP contribution >= 0.6 is 0 Å². The van der Waals surface area contributed by atoms with Gasteiger partial charge in [0, 0.05) is 18.3 Å². The summed E-state index contributed by atoms with van der Waals surface area (Å²) < 4.78 is 42.4. The monoisotopic (exact) mass is 416 g/mol. The summed E-state index contributed by atoms with van der Waals surface area (Å²) in [5.74, 6) is -0.800. The molecular weight excluding hydrogens is 395 g/mol. The molecule has 3 rings (SSSR count). The zero-order chi connectivity index (χ0) is 21.3. The van der Waals surface area contributed by atoms with E-state index in [-0.39, 0.29) is 22.1 Å². The number of hydrogen-bond acceptors (Lipinski definition) is 4. The quantitative estimate of drug-likeness (QED) is 0.665. The number of carbonyl (C=O) groups is 1. The van der Waals surface area contributed by atoms with Crippen molar-refractivity contribution in [2.75, 3.05) is 10.0 Å². The molecule has 0 aliphatic rings. The summed E-state index contributed by atoms with van der Waals surface area (Å²) in [6.45, 7) is 5.15. The average molecular weight is 416 g/mol. The van der Waals surface area contributed by atoms with Gasteiger partial charge in [0.1, 0.15) is 5.82 Å². The van der Waals surface area contributed by atoms with Crippen molar-refractivity contribution in [1.82, 2.24) is 9.78 Å². The van der Waals surface area contributed by atoms with Gasteiger partial charge in [-0.05, 0) is 68.8 Å². The number of hydrogen-bond donors (Lipinski definition) is 2. The van der Waals surface area contributed by atoms with Gasteiger partial charge >= 0.3 is 0 Å². The molecule has 0 spiro atoms. The largest absolute Gasteiger partial charge is 0.319 e. The molecule has 0 fully saturated rings. The molecule has 2 N–H and O–H groups in total. The van der Waals surface area contributed by atoms with Crippen LogP contribution in [0.3, 0.4) is 0 Å². The van der Waals surface area contributed by atoms with Gasteiger partial charge in [0.2, 0.25) is 0 Å². The molecular formula is C20H21FN4O3S. The lowest BCUT2D eigenvalue weighted by molar-refractivity contribution is 0.102. The second kappa shape index (κ2) is 7.67. The summed E-state index contributed by atoms with van der Waals surface area (Å²) in [6.07, 6.45) is 0. The predicted molar refractivity (Wildman–Crippen MR) is 109 cm³/mol. The zero-order valence-corrected chi connectivity index (χ0v) is 17.3. The summed E-state index contributed by atoms with van der Waals surface area (Å²) in [7, 11) is -2.08. The van der Waals surface area contributed by atoms with Gasteiger partial charge in [0.15, 0.2) is 0 Å². The lowest BCUT2D eigenvalue weighted by Crippen LogP contribution is -2.15. The zero-order valence-electron chi connectivity index (χ0n) is 16.4. The molecule has 1 aromatic heterocycles. The molecule has 152 valence electrons. The maximum Gasteiger partial charge on any atom is 0.261 e. The van der Waals surface area contributed by atoms with E-state index in [9.17, 15) is 17.6 Å². The fourth-order valence-corrected chi connectivity index (χ4v) is 3.97. The number of benzene rings is 2. The number of anilines is 2. The number of aromatic nitrogens is 2. The highest BCUT2D eigenvalue weighted by Gasteiger charge is 2.17. The standard InChI is InChI=1S/C20H21FN4O3S/c1-12-11-17(9-10-18(12)21)29(27,28)24-16-7-5-15(6-8-16)20(26)22-19-13(2)23-25(4)14(19)3/h5-11,24H,1-4H3,(H,22,26). The maximum absolute atomic E-state index is 13.4. The second-order valence-electron chi connectivity index (χ2n) is 6.72. The van der Waals surface area contributed by atoms with Crippen molar-refractivity contribution in [3.8, 4) is 0 Å². The lowest BCUT2D eigenvalue weighted by Gasteiger charge is -2.10. The summed E-state index contributed by atoms with van der Waals surface area (Å²) in [5, 5.41) is 7.08. The number of amides is 1. The predicted octanol–water partition coefficient (Wildman–Crippen LogP) is 3.54. The Morgan fingerprint density at radius 1 is 1.07 bits per heavy atom. The molecule has 1 heterocycles. The Morgan fingerprint density at radius 3 is 2.28 bits per heavy atom. The molecule has 7 nitrogen and oxygen atoms in total. The molecule has 0 bridgehead atoms. The van der Waals surface area contributed by atoms with Crippen molar-refractivity contribution in [3.63, 3.8) is 0 Å². The van der Waals surface area contributed by atoms with Crippen molar-refractivity contribution in [3.05, 3.63) is 70.8 Å². The van der Waals surface area contributed by atoms with Crippen molar-refractivity contribution in [1.29, 1.82) is 0 Å². The van der Waals surface area contributed by atoms with Crippen LogP contribution in [0.1, 0.15) is 27.3 Å². The highest BCUT2D eigenvalue weighted by molar-refractivity contribution is 7.92. The molecule has 0 aliphatic carbocycles. The van der Waals surface area contributed by atoms with E-state index >= 15 is 0 Å². The van der Waals surface area contributed by atoms with E-state index < -0.39 is 15.8 Å². The van der Waals surface area contributed by atoms with E-state index in [1.807, 2.05) is 6.92 Å². The first-order chi connectivity index (χ1) is 13.6. The molecule has 0 atom stereocenters. The Balaban J connectivity index is 1.75. The molecule has 0 aliphatic heterocycles. The fourth-order valence-electron chi connectivity index (χ4n) is 2.83. The van der Waals surface area contributed by atoms with Crippen molar-refractivity contribution < 1.29 is 17.6 Å². The first kappa shape index (κ1) is 20.5. The van der Waals surface area contributed by atoms with E-state index in [2.05, 4.69) is 15.1 Å². The van der Waals surface area contributed by atoms with Crippen molar-refractivity contribution in [2.45, 2.75) is 25.7 Å². The number of nitrogens with one attached hydrogen (secondary N) is 2. The van der Waals surface area contributed by atoms with Crippen LogP contribution in [0.2, 0.25) is 0 Å². The second-order valence-corrected chi connectivity index (χ2v) is 8.40. The first-order valence-electron chi connectivity index (χ1n) is 8.79. The van der Waals surface area contributed by atoms with Gasteiger partial charge in [-0.2, -0.15) is 5.10 Å². The summed E-state index contributed by atoms with van der Waals surface area (Å²) in [5.41, 5.74) is 3.08. The van der Waals surface area contributed by atoms with Crippen molar-refractivity contribution >= 4 is 27.3 Å². The van der Waals surface area contributed by atoms with E-state index in [4.69, 9.17) is 0 Å². The van der Waals surface area contributed by atoms with Crippen LogP contribution in [-0.4, -0.2) is 24.1 Å². The Morgan fingerprint density at radius 2 is 1.72 bits per heavy atom. The summed E-state index contributed by atoms with van der Waals surface area (Å²) in [4.78, 5) is 12.5. The summed E-state index contributed by atoms with van der Waals surface area (Å²) >= 11 is 0. The van der Waals surface area contributed by atoms with Gasteiger partial charge in [-0.3, -0.25) is 14.2 Å². The first-order valence-corrected chi connectivity index (χ1v) is 10.3. The Labute approximate surface area is 168 Å². The Kier molecular flexibility index (Phi) is 5.43. The van der Waals surface area contributed by atoms with Crippen LogP contribution in [0, 0.1) is 26.6 Å². The van der Waals surface area contributed by atoms with Crippen LogP contribution in [0.15, 0.2) is 47.4 Å². The number of sulfonamides is 1. The van der Waals surface area contributed by atoms with E-state index in [0.29, 0.717) is 16.9 Å². The van der Waals surface area contributed by atoms with Gasteiger partial charge < -0.3 is 5.32 Å². The van der Waals surface area contributed by atoms with E-state index in [0.717, 1.165) is 11.8 Å². The van der Waals surface area contributed by atoms with Gasteiger partial charge in [-0.15, -0.1) is 0 Å². The Bertz CT molecular complexity index is 1190. The molecule has 2 aromatic carbocycles. The third-order valence-corrected chi connectivity index (χ3v) is 5.97. The maximum atomic E-state index is 13.4. The number of nitrogens with zero attached hydrogens (tertiary/aromatic N) is 2. The smallest absolute Gasteiger partial charge is 0.261 e. The molecule has 3 aromatic rings. The molecule has 29 heavy (non-hydrogen) atoms. The van der Waals surface area contributed by atoms with E-state index in [1.165, 1.54) is 43.3 Å². The van der Waals surface area contributed by atoms with Gasteiger partial charge in [0.25, 0.3) is 15.9 Å². The molecule has 0 radical (unpaired) electrons. The number of halogens is 1. The van der Waals surface area contributed by atoms with Gasteiger partial charge in [0.05, 0.1) is 22.0 Å². The minimum absolute atomic E-state index is 0.0410. The lowest BCUT2D eigenvalue weighted by atomic mass is 10.2. The number of carbonyl (C=O) groups excluding carboxylic acids is 1. The third-order valence-electron chi connectivity index (χ3n) is 4.59. The molecule has 0 unspecified atom stereocenters. The number of aryl methyl sites for hydroxylation is 3. The van der Waals surface area contributed by atoms with Crippen LogP contribution in [-0.2, 0) is 17.1 Å². The van der Waals surface area contributed by atoms with E-state index in [1.54, 1.807) is 18.7 Å². The molecule has 0 saturated carbocycles. The Hall–Kier alpha value is -3.20. The normalized spacial score (nSPS) is 11.3. The topological polar surface area (TPSA) is 93.1 Å². The SMILES string of the molecule is Cc1cc(S(=O)(=O)Nc2ccc(C(=O)Nc3c(C)nn(C)c3C)cc2)ccc1F. The minimum atomic E-state index is -3.87. The van der Waals surface area contributed by atoms with Gasteiger partial charge in [-0.25, -0.2) is 12.8 Å². The van der Waals surface area contributed by atoms with Crippen LogP contribution < -0.4 is 10.0 Å². The molecule has 1 amide bonds. The molecule has 9 heteroatoms. The van der Waals surface area contributed by atoms with Crippen LogP contribution in [0.4, 0.5) is 15.8 Å².